The van der Waals surface area contributed by atoms with Crippen molar-refractivity contribution in [1.29, 1.82) is 0 Å². The molecule has 5 heteroatoms. The van der Waals surface area contributed by atoms with E-state index in [0.29, 0.717) is 0 Å². The third kappa shape index (κ3) is 2.64. The molecule has 1 amide bonds. The molecule has 0 spiro atoms. The third-order valence-electron chi connectivity index (χ3n) is 4.87. The van der Waals surface area contributed by atoms with Crippen LogP contribution < -0.4 is 10.4 Å². The van der Waals surface area contributed by atoms with Gasteiger partial charge in [-0.3, -0.25) is 4.79 Å². The Balaban J connectivity index is 1.64. The second-order valence-corrected chi connectivity index (χ2v) is 6.05. The number of carboxylic acid groups (broad SMARTS) is 1. The average molecular weight is 290 g/mol. The lowest BCUT2D eigenvalue weighted by atomic mass is 9.78. The number of benzene rings is 1. The van der Waals surface area contributed by atoms with Gasteiger partial charge in [-0.15, -0.1) is 0 Å². The first-order chi connectivity index (χ1) is 10.1. The first-order valence-corrected chi connectivity index (χ1v) is 7.29. The first-order valence-electron chi connectivity index (χ1n) is 7.29. The molecule has 2 aliphatic carbocycles. The summed E-state index contributed by atoms with van der Waals surface area (Å²) in [5.74, 6) is -2.54. The standard InChI is InChI=1S/C16H18FNO3/c17-12-5-1-9(2-6-12)8-18-15(19)13-10-3-4-11(7-10)14(13)16(20)21/h1-2,5-6,10-11,13-14H,3-4,7-8H2,(H,18,19)(H,20,21)/p-1/t10-,11-,13-,14-/m0/s1. The molecule has 3 rings (SSSR count). The molecule has 0 saturated heterocycles. The SMILES string of the molecule is O=C([O-])[C@H]1[C@H]2CC[C@@H](C2)[C@@H]1C(=O)NCc1ccc(F)cc1. The maximum atomic E-state index is 12.8. The van der Waals surface area contributed by atoms with Crippen LogP contribution >= 0.6 is 0 Å². The molecule has 2 saturated carbocycles. The molecule has 0 aromatic heterocycles. The van der Waals surface area contributed by atoms with Gasteiger partial charge in [-0.1, -0.05) is 12.1 Å². The summed E-state index contributed by atoms with van der Waals surface area (Å²) in [7, 11) is 0. The molecule has 1 aromatic carbocycles. The van der Waals surface area contributed by atoms with Crippen molar-refractivity contribution in [3.63, 3.8) is 0 Å². The molecular formula is C16H17FNO3-. The van der Waals surface area contributed by atoms with Crippen LogP contribution in [0.1, 0.15) is 24.8 Å². The summed E-state index contributed by atoms with van der Waals surface area (Å²) in [6.45, 7) is 0.284. The van der Waals surface area contributed by atoms with Gasteiger partial charge in [0.15, 0.2) is 0 Å². The van der Waals surface area contributed by atoms with Gasteiger partial charge in [-0.2, -0.15) is 0 Å². The summed E-state index contributed by atoms with van der Waals surface area (Å²) in [5, 5.41) is 14.1. The van der Waals surface area contributed by atoms with Crippen molar-refractivity contribution in [2.75, 3.05) is 0 Å². The smallest absolute Gasteiger partial charge is 0.224 e. The fourth-order valence-electron chi connectivity index (χ4n) is 3.92. The molecule has 0 radical (unpaired) electrons. The van der Waals surface area contributed by atoms with Crippen LogP contribution in [0.15, 0.2) is 24.3 Å². The highest BCUT2D eigenvalue weighted by atomic mass is 19.1. The van der Waals surface area contributed by atoms with Gasteiger partial charge in [-0.05, 0) is 48.8 Å². The van der Waals surface area contributed by atoms with E-state index in [9.17, 15) is 19.1 Å². The maximum Gasteiger partial charge on any atom is 0.224 e. The molecule has 1 aromatic rings. The van der Waals surface area contributed by atoms with E-state index in [1.807, 2.05) is 0 Å². The van der Waals surface area contributed by atoms with Gasteiger partial charge in [0, 0.05) is 24.3 Å². The van der Waals surface area contributed by atoms with E-state index in [4.69, 9.17) is 0 Å². The first kappa shape index (κ1) is 14.0. The predicted molar refractivity (Wildman–Crippen MR) is 71.1 cm³/mol. The number of rotatable bonds is 4. The van der Waals surface area contributed by atoms with E-state index in [2.05, 4.69) is 5.32 Å². The zero-order valence-corrected chi connectivity index (χ0v) is 11.5. The number of halogens is 1. The minimum Gasteiger partial charge on any atom is -0.550 e. The van der Waals surface area contributed by atoms with Gasteiger partial charge in [0.05, 0.1) is 0 Å². The summed E-state index contributed by atoms with van der Waals surface area (Å²) in [6.07, 6.45) is 2.61. The quantitative estimate of drug-likeness (QED) is 0.894. The van der Waals surface area contributed by atoms with Crippen LogP contribution in [0, 0.1) is 29.5 Å². The van der Waals surface area contributed by atoms with E-state index in [-0.39, 0.29) is 30.1 Å². The summed E-state index contributed by atoms with van der Waals surface area (Å²) < 4.78 is 12.8. The Morgan fingerprint density at radius 3 is 2.38 bits per heavy atom. The minimum atomic E-state index is -1.11. The molecule has 21 heavy (non-hydrogen) atoms. The van der Waals surface area contributed by atoms with Gasteiger partial charge >= 0.3 is 0 Å². The zero-order valence-electron chi connectivity index (χ0n) is 11.5. The minimum absolute atomic E-state index is 0.0848. The fourth-order valence-corrected chi connectivity index (χ4v) is 3.92. The zero-order chi connectivity index (χ0) is 15.0. The fraction of sp³-hybridized carbons (Fsp3) is 0.500. The van der Waals surface area contributed by atoms with E-state index < -0.39 is 17.8 Å². The van der Waals surface area contributed by atoms with Crippen LogP contribution in [0.5, 0.6) is 0 Å². The molecule has 1 N–H and O–H groups in total. The molecule has 2 fully saturated rings. The Labute approximate surface area is 122 Å². The van der Waals surface area contributed by atoms with Crippen molar-refractivity contribution in [1.82, 2.24) is 5.32 Å². The van der Waals surface area contributed by atoms with Crippen molar-refractivity contribution in [2.24, 2.45) is 23.7 Å². The number of aliphatic carboxylic acids is 1. The van der Waals surface area contributed by atoms with Gasteiger partial charge in [0.1, 0.15) is 5.82 Å². The molecule has 2 aliphatic rings. The van der Waals surface area contributed by atoms with Gasteiger partial charge in [0.25, 0.3) is 0 Å². The van der Waals surface area contributed by atoms with Crippen molar-refractivity contribution >= 4 is 11.9 Å². The number of hydrogen-bond donors (Lipinski definition) is 1. The highest BCUT2D eigenvalue weighted by Crippen LogP contribution is 2.52. The average Bonchev–Trinajstić information content (AvgIpc) is 3.06. The number of amides is 1. The van der Waals surface area contributed by atoms with Crippen molar-refractivity contribution < 1.29 is 19.1 Å². The highest BCUT2D eigenvalue weighted by molar-refractivity contribution is 5.85. The molecule has 4 nitrogen and oxygen atoms in total. The van der Waals surface area contributed by atoms with Gasteiger partial charge in [0.2, 0.25) is 5.91 Å². The van der Waals surface area contributed by atoms with Crippen LogP contribution in [0.25, 0.3) is 0 Å². The number of nitrogens with one attached hydrogen (secondary N) is 1. The molecule has 0 heterocycles. The Bertz CT molecular complexity index is 557. The van der Waals surface area contributed by atoms with Crippen molar-refractivity contribution in [2.45, 2.75) is 25.8 Å². The van der Waals surface area contributed by atoms with Crippen LogP contribution in [0.2, 0.25) is 0 Å². The van der Waals surface area contributed by atoms with Gasteiger partial charge < -0.3 is 15.2 Å². The van der Waals surface area contributed by atoms with E-state index in [1.54, 1.807) is 12.1 Å². The van der Waals surface area contributed by atoms with Crippen LogP contribution in [0.4, 0.5) is 4.39 Å². The number of hydrogen-bond acceptors (Lipinski definition) is 3. The second-order valence-electron chi connectivity index (χ2n) is 6.05. The lowest BCUT2D eigenvalue weighted by molar-refractivity contribution is -0.314. The number of carbonyl (C=O) groups is 2. The van der Waals surface area contributed by atoms with Crippen LogP contribution in [-0.2, 0) is 16.1 Å². The normalized spacial score (nSPS) is 30.3. The van der Waals surface area contributed by atoms with Crippen molar-refractivity contribution in [3.8, 4) is 0 Å². The topological polar surface area (TPSA) is 69.2 Å². The summed E-state index contributed by atoms with van der Waals surface area (Å²) in [4.78, 5) is 23.6. The molecule has 112 valence electrons. The third-order valence-corrected chi connectivity index (χ3v) is 4.87. The van der Waals surface area contributed by atoms with E-state index in [1.165, 1.54) is 12.1 Å². The Kier molecular flexibility index (Phi) is 3.66. The Morgan fingerprint density at radius 1 is 1.14 bits per heavy atom. The molecule has 0 unspecified atom stereocenters. The molecule has 0 aliphatic heterocycles. The lowest BCUT2D eigenvalue weighted by Gasteiger charge is -2.30. The maximum absolute atomic E-state index is 12.8. The Morgan fingerprint density at radius 2 is 1.76 bits per heavy atom. The van der Waals surface area contributed by atoms with E-state index >= 15 is 0 Å². The largest absolute Gasteiger partial charge is 0.550 e. The number of fused-ring (bicyclic) bond motifs is 2. The Hall–Kier alpha value is -1.91. The highest BCUT2D eigenvalue weighted by Gasteiger charge is 2.51. The monoisotopic (exact) mass is 290 g/mol. The summed E-state index contributed by atoms with van der Waals surface area (Å²) >= 11 is 0. The number of carboxylic acids is 1. The molecular weight excluding hydrogens is 273 g/mol. The lowest BCUT2D eigenvalue weighted by Crippen LogP contribution is -2.45. The van der Waals surface area contributed by atoms with E-state index in [0.717, 1.165) is 24.8 Å². The van der Waals surface area contributed by atoms with Gasteiger partial charge in [-0.25, -0.2) is 4.39 Å². The molecule has 4 atom stereocenters. The summed E-state index contributed by atoms with van der Waals surface area (Å²) in [6, 6.07) is 5.88. The van der Waals surface area contributed by atoms with Crippen LogP contribution in [0.3, 0.4) is 0 Å². The molecule has 2 bridgehead atoms. The summed E-state index contributed by atoms with van der Waals surface area (Å²) in [5.41, 5.74) is 0.790. The predicted octanol–water partition coefficient (Wildman–Crippen LogP) is 0.854. The van der Waals surface area contributed by atoms with Crippen molar-refractivity contribution in [3.05, 3.63) is 35.6 Å². The second kappa shape index (κ2) is 5.47. The number of carbonyl (C=O) groups excluding carboxylic acids is 2. The van der Waals surface area contributed by atoms with Crippen LogP contribution in [-0.4, -0.2) is 11.9 Å².